The summed E-state index contributed by atoms with van der Waals surface area (Å²) in [6, 6.07) is 11.3. The van der Waals surface area contributed by atoms with E-state index in [9.17, 15) is 14.7 Å². The molecule has 1 saturated heterocycles. The van der Waals surface area contributed by atoms with Gasteiger partial charge in [-0.1, -0.05) is 31.5 Å². The summed E-state index contributed by atoms with van der Waals surface area (Å²) in [5.74, 6) is -0.273. The quantitative estimate of drug-likeness (QED) is 0.392. The van der Waals surface area contributed by atoms with Crippen LogP contribution in [0, 0.1) is 0 Å². The number of nitrogens with zero attached hydrogens (tertiary/aromatic N) is 1. The van der Waals surface area contributed by atoms with E-state index in [1.54, 1.807) is 30.3 Å². The van der Waals surface area contributed by atoms with Crippen LogP contribution in [0.3, 0.4) is 0 Å². The fourth-order valence-corrected chi connectivity index (χ4v) is 3.79. The Morgan fingerprint density at radius 3 is 2.35 bits per heavy atom. The molecule has 0 saturated carbocycles. The molecule has 1 amide bonds. The Hall–Kier alpha value is -3.48. The third-order valence-corrected chi connectivity index (χ3v) is 5.39. The number of carbonyl (C=O) groups excluding carboxylic acids is 2. The minimum absolute atomic E-state index is 0.00840. The van der Waals surface area contributed by atoms with Crippen molar-refractivity contribution in [2.45, 2.75) is 25.8 Å². The number of amides is 1. The van der Waals surface area contributed by atoms with Crippen LogP contribution < -0.4 is 14.2 Å². The van der Waals surface area contributed by atoms with Crippen molar-refractivity contribution in [2.75, 3.05) is 27.9 Å². The molecule has 31 heavy (non-hydrogen) atoms. The Labute approximate surface area is 181 Å². The number of hydrogen-bond donors (Lipinski definition) is 1. The molecule has 0 aliphatic carbocycles. The number of hydrogen-bond acceptors (Lipinski definition) is 6. The molecule has 1 N–H and O–H groups in total. The van der Waals surface area contributed by atoms with Gasteiger partial charge in [0.1, 0.15) is 23.0 Å². The molecule has 7 nitrogen and oxygen atoms in total. The first-order chi connectivity index (χ1) is 15.0. The standard InChI is InChI=1S/C24H27NO6/c1-5-6-13-25-21(16-9-7-8-10-18(16)30-3)20(23(27)24(25)28)22(26)17-12-11-15(29-2)14-19(17)31-4/h7-12,14,21,26H,5-6,13H2,1-4H3/b22-20+. The van der Waals surface area contributed by atoms with E-state index >= 15 is 0 Å². The first kappa shape index (κ1) is 22.2. The molecule has 0 aromatic heterocycles. The summed E-state index contributed by atoms with van der Waals surface area (Å²) >= 11 is 0. The number of benzene rings is 2. The number of aliphatic hydroxyl groups excluding tert-OH is 1. The molecule has 1 heterocycles. The highest BCUT2D eigenvalue weighted by Crippen LogP contribution is 2.44. The minimum Gasteiger partial charge on any atom is -0.507 e. The molecule has 1 atom stereocenters. The lowest BCUT2D eigenvalue weighted by atomic mass is 9.94. The minimum atomic E-state index is -0.769. The Morgan fingerprint density at radius 2 is 1.71 bits per heavy atom. The van der Waals surface area contributed by atoms with Crippen LogP contribution in [0.4, 0.5) is 0 Å². The van der Waals surface area contributed by atoms with Gasteiger partial charge in [-0.25, -0.2) is 0 Å². The maximum Gasteiger partial charge on any atom is 0.295 e. The highest BCUT2D eigenvalue weighted by molar-refractivity contribution is 6.46. The van der Waals surface area contributed by atoms with Crippen LogP contribution in [0.2, 0.25) is 0 Å². The van der Waals surface area contributed by atoms with E-state index in [-0.39, 0.29) is 11.3 Å². The van der Waals surface area contributed by atoms with Crippen molar-refractivity contribution in [1.29, 1.82) is 0 Å². The number of carbonyl (C=O) groups is 2. The third-order valence-electron chi connectivity index (χ3n) is 5.39. The predicted octanol–water partition coefficient (Wildman–Crippen LogP) is 3.93. The maximum absolute atomic E-state index is 13.1. The van der Waals surface area contributed by atoms with Gasteiger partial charge < -0.3 is 24.2 Å². The number of Topliss-reactive ketones (excluding diaryl/α,β-unsaturated/α-hetero) is 1. The molecule has 0 spiro atoms. The molecule has 3 rings (SSSR count). The number of rotatable bonds is 8. The van der Waals surface area contributed by atoms with Gasteiger partial charge in [0.25, 0.3) is 11.7 Å². The molecule has 7 heteroatoms. The fraction of sp³-hybridized carbons (Fsp3) is 0.333. The summed E-state index contributed by atoms with van der Waals surface area (Å²) in [6.45, 7) is 2.40. The molecule has 0 bridgehead atoms. The zero-order valence-corrected chi connectivity index (χ0v) is 18.2. The van der Waals surface area contributed by atoms with Gasteiger partial charge in [-0.15, -0.1) is 0 Å². The number of para-hydroxylation sites is 1. The summed E-state index contributed by atoms with van der Waals surface area (Å²) in [4.78, 5) is 27.5. The Morgan fingerprint density at radius 1 is 1.00 bits per heavy atom. The Balaban J connectivity index is 2.24. The van der Waals surface area contributed by atoms with E-state index in [1.807, 2.05) is 19.1 Å². The summed E-state index contributed by atoms with van der Waals surface area (Å²) < 4.78 is 16.1. The Bertz CT molecular complexity index is 1010. The largest absolute Gasteiger partial charge is 0.507 e. The van der Waals surface area contributed by atoms with Crippen molar-refractivity contribution >= 4 is 17.4 Å². The zero-order chi connectivity index (χ0) is 22.5. The maximum atomic E-state index is 13.1. The van der Waals surface area contributed by atoms with Crippen LogP contribution >= 0.6 is 0 Å². The van der Waals surface area contributed by atoms with E-state index < -0.39 is 17.7 Å². The number of unbranched alkanes of at least 4 members (excludes halogenated alkanes) is 1. The number of methoxy groups -OCH3 is 3. The normalized spacial score (nSPS) is 17.7. The van der Waals surface area contributed by atoms with Gasteiger partial charge >= 0.3 is 0 Å². The van der Waals surface area contributed by atoms with Crippen LogP contribution in [-0.2, 0) is 9.59 Å². The summed E-state index contributed by atoms with van der Waals surface area (Å²) in [5, 5.41) is 11.2. The predicted molar refractivity (Wildman–Crippen MR) is 116 cm³/mol. The first-order valence-corrected chi connectivity index (χ1v) is 10.1. The van der Waals surface area contributed by atoms with Crippen molar-refractivity contribution in [3.8, 4) is 17.2 Å². The van der Waals surface area contributed by atoms with Gasteiger partial charge in [-0.2, -0.15) is 0 Å². The third kappa shape index (κ3) is 4.08. The molecular weight excluding hydrogens is 398 g/mol. The highest BCUT2D eigenvalue weighted by Gasteiger charge is 2.47. The Kier molecular flexibility index (Phi) is 6.84. The van der Waals surface area contributed by atoms with E-state index in [4.69, 9.17) is 14.2 Å². The lowest BCUT2D eigenvalue weighted by molar-refractivity contribution is -0.139. The molecule has 1 unspecified atom stereocenters. The fourth-order valence-electron chi connectivity index (χ4n) is 3.79. The molecule has 2 aromatic carbocycles. The van der Waals surface area contributed by atoms with Crippen molar-refractivity contribution in [2.24, 2.45) is 0 Å². The van der Waals surface area contributed by atoms with E-state index in [0.29, 0.717) is 34.9 Å². The van der Waals surface area contributed by atoms with Crippen molar-refractivity contribution in [3.05, 3.63) is 59.2 Å². The topological polar surface area (TPSA) is 85.3 Å². The second kappa shape index (κ2) is 9.55. The summed E-state index contributed by atoms with van der Waals surface area (Å²) in [6.07, 6.45) is 1.58. The second-order valence-electron chi connectivity index (χ2n) is 7.15. The number of ketones is 1. The lowest BCUT2D eigenvalue weighted by Gasteiger charge is -2.26. The molecule has 1 aliphatic rings. The zero-order valence-electron chi connectivity index (χ0n) is 18.2. The van der Waals surface area contributed by atoms with Gasteiger partial charge in [-0.05, 0) is 24.6 Å². The molecular formula is C24H27NO6. The van der Waals surface area contributed by atoms with Crippen molar-refractivity contribution in [3.63, 3.8) is 0 Å². The van der Waals surface area contributed by atoms with Gasteiger partial charge in [0.05, 0.1) is 38.5 Å². The molecule has 1 fully saturated rings. The van der Waals surface area contributed by atoms with Crippen molar-refractivity contribution in [1.82, 2.24) is 4.90 Å². The number of ether oxygens (including phenoxy) is 3. The van der Waals surface area contributed by atoms with Crippen LogP contribution in [0.15, 0.2) is 48.0 Å². The average molecular weight is 425 g/mol. The molecule has 2 aromatic rings. The number of aliphatic hydroxyl groups is 1. The van der Waals surface area contributed by atoms with Gasteiger partial charge in [0.15, 0.2) is 0 Å². The van der Waals surface area contributed by atoms with Gasteiger partial charge in [-0.3, -0.25) is 9.59 Å². The van der Waals surface area contributed by atoms with Gasteiger partial charge in [0, 0.05) is 18.2 Å². The van der Waals surface area contributed by atoms with Gasteiger partial charge in [0.2, 0.25) is 0 Å². The van der Waals surface area contributed by atoms with Crippen LogP contribution in [0.25, 0.3) is 5.76 Å². The molecule has 164 valence electrons. The second-order valence-corrected chi connectivity index (χ2v) is 7.15. The monoisotopic (exact) mass is 425 g/mol. The van der Waals surface area contributed by atoms with Crippen LogP contribution in [0.1, 0.15) is 36.9 Å². The average Bonchev–Trinajstić information content (AvgIpc) is 3.06. The highest BCUT2D eigenvalue weighted by atomic mass is 16.5. The van der Waals surface area contributed by atoms with E-state index in [0.717, 1.165) is 12.8 Å². The first-order valence-electron chi connectivity index (χ1n) is 10.1. The van der Waals surface area contributed by atoms with Crippen LogP contribution in [0.5, 0.6) is 17.2 Å². The smallest absolute Gasteiger partial charge is 0.295 e. The SMILES string of the molecule is CCCCN1C(=O)C(=O)/C(=C(/O)c2ccc(OC)cc2OC)C1c1ccccc1OC. The molecule has 0 radical (unpaired) electrons. The summed E-state index contributed by atoms with van der Waals surface area (Å²) in [5.41, 5.74) is 0.945. The number of likely N-dealkylation sites (tertiary alicyclic amines) is 1. The van der Waals surface area contributed by atoms with E-state index in [1.165, 1.54) is 26.2 Å². The lowest BCUT2D eigenvalue weighted by Crippen LogP contribution is -2.30. The molecule has 1 aliphatic heterocycles. The van der Waals surface area contributed by atoms with Crippen molar-refractivity contribution < 1.29 is 28.9 Å². The summed E-state index contributed by atoms with van der Waals surface area (Å²) in [7, 11) is 4.52. The van der Waals surface area contributed by atoms with Crippen LogP contribution in [-0.4, -0.2) is 49.6 Å². The van der Waals surface area contributed by atoms with E-state index in [2.05, 4.69) is 0 Å².